The Hall–Kier alpha value is -4.19. The van der Waals surface area contributed by atoms with Crippen molar-refractivity contribution in [3.8, 4) is 0 Å². The molecule has 0 saturated heterocycles. The number of hydrogen-bond donors (Lipinski definition) is 0. The third kappa shape index (κ3) is 62.7. The first kappa shape index (κ1) is 73.8. The number of ether oxygens (including phenoxy) is 3. The molecule has 0 aliphatic carbocycles. The van der Waals surface area contributed by atoms with Gasteiger partial charge >= 0.3 is 17.9 Å². The molecule has 0 bridgehead atoms. The lowest BCUT2D eigenvalue weighted by molar-refractivity contribution is -0.166. The van der Waals surface area contributed by atoms with Crippen LogP contribution in [-0.4, -0.2) is 37.2 Å². The molecule has 78 heavy (non-hydrogen) atoms. The van der Waals surface area contributed by atoms with E-state index in [4.69, 9.17) is 14.2 Å². The molecule has 0 saturated carbocycles. The Morgan fingerprint density at radius 2 is 0.551 bits per heavy atom. The lowest BCUT2D eigenvalue weighted by Crippen LogP contribution is -2.30. The molecule has 6 heteroatoms. The fourth-order valence-corrected chi connectivity index (χ4v) is 8.96. The van der Waals surface area contributed by atoms with Gasteiger partial charge in [0.05, 0.1) is 6.42 Å². The SMILES string of the molecule is CC/C=C\C/C=C\C/C=C\C/C=C\C/C=C\CCCCCCCCCC(=O)OCC(COC(=O)C/C=C\C/C=C\C/C=C\C/C=C\C/C=C\CC)OC(=O)CCCCCCCCCCCCCCCCCCCCCCCC. The van der Waals surface area contributed by atoms with Crippen molar-refractivity contribution in [2.24, 2.45) is 0 Å². The highest BCUT2D eigenvalue weighted by Crippen LogP contribution is 2.17. The maximum absolute atomic E-state index is 12.9. The summed E-state index contributed by atoms with van der Waals surface area (Å²) in [6, 6.07) is 0. The van der Waals surface area contributed by atoms with Crippen molar-refractivity contribution in [2.75, 3.05) is 13.2 Å². The molecule has 0 aromatic rings. The van der Waals surface area contributed by atoms with Gasteiger partial charge in [0, 0.05) is 12.8 Å². The number of rotatable bonds is 58. The summed E-state index contributed by atoms with van der Waals surface area (Å²) in [4.78, 5) is 38.3. The number of carbonyl (C=O) groups excluding carboxylic acids is 3. The smallest absolute Gasteiger partial charge is 0.309 e. The van der Waals surface area contributed by atoms with Gasteiger partial charge in [0.2, 0.25) is 0 Å². The zero-order valence-corrected chi connectivity index (χ0v) is 50.9. The van der Waals surface area contributed by atoms with Crippen molar-refractivity contribution >= 4 is 17.9 Å². The van der Waals surface area contributed by atoms with Crippen molar-refractivity contribution in [1.82, 2.24) is 0 Å². The van der Waals surface area contributed by atoms with Crippen LogP contribution in [0.1, 0.15) is 297 Å². The van der Waals surface area contributed by atoms with Gasteiger partial charge in [0.15, 0.2) is 6.10 Å². The highest BCUT2D eigenvalue weighted by atomic mass is 16.6. The van der Waals surface area contributed by atoms with Gasteiger partial charge in [-0.15, -0.1) is 0 Å². The maximum Gasteiger partial charge on any atom is 0.309 e. The lowest BCUT2D eigenvalue weighted by Gasteiger charge is -2.18. The number of esters is 3. The average Bonchev–Trinajstić information content (AvgIpc) is 3.44. The van der Waals surface area contributed by atoms with E-state index in [1.807, 2.05) is 6.08 Å². The fourth-order valence-electron chi connectivity index (χ4n) is 8.96. The number of carbonyl (C=O) groups is 3. The Morgan fingerprint density at radius 3 is 0.897 bits per heavy atom. The van der Waals surface area contributed by atoms with E-state index in [0.29, 0.717) is 12.8 Å². The summed E-state index contributed by atoms with van der Waals surface area (Å²) in [5, 5.41) is 0. The van der Waals surface area contributed by atoms with Crippen LogP contribution in [0.2, 0.25) is 0 Å². The molecule has 0 aromatic heterocycles. The van der Waals surface area contributed by atoms with E-state index in [-0.39, 0.29) is 31.6 Å². The second kappa shape index (κ2) is 65.3. The number of unbranched alkanes of at least 4 members (excludes halogenated alkanes) is 28. The molecule has 0 aliphatic heterocycles. The van der Waals surface area contributed by atoms with E-state index in [1.165, 1.54) is 148 Å². The molecule has 0 radical (unpaired) electrons. The Kier molecular flexibility index (Phi) is 61.8. The topological polar surface area (TPSA) is 78.9 Å². The highest BCUT2D eigenvalue weighted by molar-refractivity contribution is 5.72. The van der Waals surface area contributed by atoms with Crippen LogP contribution in [-0.2, 0) is 28.6 Å². The van der Waals surface area contributed by atoms with Gasteiger partial charge in [-0.05, 0) is 89.9 Å². The van der Waals surface area contributed by atoms with Crippen LogP contribution in [0.4, 0.5) is 0 Å². The average molecular weight is 1080 g/mol. The van der Waals surface area contributed by atoms with Crippen LogP contribution in [0.5, 0.6) is 0 Å². The van der Waals surface area contributed by atoms with Crippen LogP contribution in [0.15, 0.2) is 122 Å². The summed E-state index contributed by atoms with van der Waals surface area (Å²) < 4.78 is 16.8. The Labute approximate surface area is 482 Å². The Balaban J connectivity index is 4.44. The van der Waals surface area contributed by atoms with E-state index in [1.54, 1.807) is 6.08 Å². The fraction of sp³-hybridized carbons (Fsp3) is 0.681. The largest absolute Gasteiger partial charge is 0.462 e. The summed E-state index contributed by atoms with van der Waals surface area (Å²) in [5.74, 6) is -1.05. The molecule has 0 aromatic carbocycles. The molecule has 0 spiro atoms. The maximum atomic E-state index is 12.9. The Bertz CT molecular complexity index is 1620. The van der Waals surface area contributed by atoms with Gasteiger partial charge in [0.25, 0.3) is 0 Å². The van der Waals surface area contributed by atoms with Crippen LogP contribution in [0.3, 0.4) is 0 Å². The first-order chi connectivity index (χ1) is 38.5. The van der Waals surface area contributed by atoms with Crippen molar-refractivity contribution in [1.29, 1.82) is 0 Å². The van der Waals surface area contributed by atoms with Crippen LogP contribution < -0.4 is 0 Å². The molecule has 0 amide bonds. The molecule has 1 unspecified atom stereocenters. The second-order valence-corrected chi connectivity index (χ2v) is 21.3. The molecular formula is C72H120O6. The summed E-state index contributed by atoms with van der Waals surface area (Å²) in [5.41, 5.74) is 0. The zero-order chi connectivity index (χ0) is 56.4. The summed E-state index contributed by atoms with van der Waals surface area (Å²) in [6.07, 6.45) is 90.9. The van der Waals surface area contributed by atoms with E-state index in [2.05, 4.69) is 130 Å². The number of hydrogen-bond acceptors (Lipinski definition) is 6. The lowest BCUT2D eigenvalue weighted by atomic mass is 10.0. The molecule has 6 nitrogen and oxygen atoms in total. The summed E-state index contributed by atoms with van der Waals surface area (Å²) in [7, 11) is 0. The van der Waals surface area contributed by atoms with Crippen LogP contribution >= 0.6 is 0 Å². The van der Waals surface area contributed by atoms with E-state index in [9.17, 15) is 14.4 Å². The van der Waals surface area contributed by atoms with Gasteiger partial charge < -0.3 is 14.2 Å². The predicted octanol–water partition coefficient (Wildman–Crippen LogP) is 22.4. The normalized spacial score (nSPS) is 12.9. The standard InChI is InChI=1S/C72H120O6/c1-4-7-10-13-16-19-22-25-28-30-32-34-36-38-39-41-44-47-50-53-56-59-62-65-71(74)77-68-69(67-76-70(73)64-61-58-55-52-49-46-43-27-24-21-18-15-12-9-6-3)78-72(75)66-63-60-57-54-51-48-45-42-40-37-35-33-31-29-26-23-20-17-14-11-8-5-2/h7,9-10,12,16,18-19,21,25,27-28,32,34,38-39,43,49,52,58,61,69H,4-6,8,11,13-15,17,20,22-24,26,29-31,33,35-37,40-42,44-48,50-51,53-57,59-60,62-68H2,1-3H3/b10-7-,12-9-,19-16-,21-18-,28-25-,34-32-,39-38-,43-27-,52-49-,61-58-. The van der Waals surface area contributed by atoms with Crippen LogP contribution in [0.25, 0.3) is 0 Å². The zero-order valence-electron chi connectivity index (χ0n) is 50.9. The van der Waals surface area contributed by atoms with Gasteiger partial charge in [-0.3, -0.25) is 14.4 Å². The van der Waals surface area contributed by atoms with Crippen molar-refractivity contribution in [3.05, 3.63) is 122 Å². The molecule has 0 heterocycles. The van der Waals surface area contributed by atoms with Crippen molar-refractivity contribution < 1.29 is 28.6 Å². The minimum Gasteiger partial charge on any atom is -0.462 e. The van der Waals surface area contributed by atoms with Crippen molar-refractivity contribution in [2.45, 2.75) is 303 Å². The molecule has 444 valence electrons. The number of allylic oxidation sites excluding steroid dienone is 19. The summed E-state index contributed by atoms with van der Waals surface area (Å²) >= 11 is 0. The first-order valence-electron chi connectivity index (χ1n) is 32.5. The molecule has 0 aliphatic rings. The molecular weight excluding hydrogens is 961 g/mol. The van der Waals surface area contributed by atoms with Gasteiger partial charge in [0.1, 0.15) is 13.2 Å². The van der Waals surface area contributed by atoms with Gasteiger partial charge in [-0.2, -0.15) is 0 Å². The van der Waals surface area contributed by atoms with E-state index in [0.717, 1.165) is 109 Å². The molecule has 0 N–H and O–H groups in total. The monoisotopic (exact) mass is 1080 g/mol. The Morgan fingerprint density at radius 1 is 0.282 bits per heavy atom. The molecule has 1 atom stereocenters. The van der Waals surface area contributed by atoms with Crippen LogP contribution in [0, 0.1) is 0 Å². The minimum absolute atomic E-state index is 0.114. The van der Waals surface area contributed by atoms with Gasteiger partial charge in [-0.25, -0.2) is 0 Å². The quantitative estimate of drug-likeness (QED) is 0.0261. The van der Waals surface area contributed by atoms with E-state index < -0.39 is 12.1 Å². The predicted molar refractivity (Wildman–Crippen MR) is 339 cm³/mol. The summed E-state index contributed by atoms with van der Waals surface area (Å²) in [6.45, 7) is 6.34. The minimum atomic E-state index is -0.826. The highest BCUT2D eigenvalue weighted by Gasteiger charge is 2.19. The third-order valence-corrected chi connectivity index (χ3v) is 13.7. The van der Waals surface area contributed by atoms with E-state index >= 15 is 0 Å². The molecule has 0 rings (SSSR count). The second-order valence-electron chi connectivity index (χ2n) is 21.3. The van der Waals surface area contributed by atoms with Crippen molar-refractivity contribution in [3.63, 3.8) is 0 Å². The first-order valence-corrected chi connectivity index (χ1v) is 32.5. The molecule has 0 fully saturated rings. The van der Waals surface area contributed by atoms with Gasteiger partial charge in [-0.1, -0.05) is 309 Å². The third-order valence-electron chi connectivity index (χ3n) is 13.7.